The van der Waals surface area contributed by atoms with Gasteiger partial charge in [0.2, 0.25) is 0 Å². The Balaban J connectivity index is 1.50. The van der Waals surface area contributed by atoms with Crippen molar-refractivity contribution in [1.29, 1.82) is 0 Å². The molecule has 24 heavy (non-hydrogen) atoms. The Hall–Kier alpha value is -0.690. The minimum absolute atomic E-state index is 0.127. The summed E-state index contributed by atoms with van der Waals surface area (Å²) in [6.45, 7) is 10.7. The second-order valence-corrected chi connectivity index (χ2v) is 7.24. The lowest BCUT2D eigenvalue weighted by atomic mass is 9.99. The van der Waals surface area contributed by atoms with Gasteiger partial charge in [-0.3, -0.25) is 9.69 Å². The summed E-state index contributed by atoms with van der Waals surface area (Å²) in [4.78, 5) is 17.3. The zero-order valence-corrected chi connectivity index (χ0v) is 15.1. The SMILES string of the molecule is CCC1CN(C(=O)C(C)OCC2CCCO2)CC1N1CCOCC1. The molecule has 1 amide bonds. The Morgan fingerprint density at radius 3 is 2.71 bits per heavy atom. The molecule has 0 N–H and O–H groups in total. The van der Waals surface area contributed by atoms with Gasteiger partial charge < -0.3 is 19.1 Å². The van der Waals surface area contributed by atoms with Crippen LogP contribution >= 0.6 is 0 Å². The van der Waals surface area contributed by atoms with Crippen molar-refractivity contribution >= 4 is 5.91 Å². The molecule has 0 radical (unpaired) electrons. The first kappa shape index (κ1) is 18.1. The summed E-state index contributed by atoms with van der Waals surface area (Å²) in [5, 5.41) is 0. The third-order valence-corrected chi connectivity index (χ3v) is 5.66. The predicted molar refractivity (Wildman–Crippen MR) is 90.9 cm³/mol. The van der Waals surface area contributed by atoms with E-state index in [2.05, 4.69) is 11.8 Å². The first-order valence-corrected chi connectivity index (χ1v) is 9.52. The van der Waals surface area contributed by atoms with Gasteiger partial charge >= 0.3 is 0 Å². The van der Waals surface area contributed by atoms with Crippen molar-refractivity contribution in [2.24, 2.45) is 5.92 Å². The Morgan fingerprint density at radius 1 is 1.25 bits per heavy atom. The van der Waals surface area contributed by atoms with Gasteiger partial charge in [-0.25, -0.2) is 0 Å². The van der Waals surface area contributed by atoms with Gasteiger partial charge in [-0.05, 0) is 25.7 Å². The molecule has 0 aromatic heterocycles. The highest BCUT2D eigenvalue weighted by Gasteiger charge is 2.39. The first-order valence-electron chi connectivity index (χ1n) is 9.52. The van der Waals surface area contributed by atoms with Gasteiger partial charge in [0.15, 0.2) is 0 Å². The number of carbonyl (C=O) groups excluding carboxylic acids is 1. The van der Waals surface area contributed by atoms with Crippen LogP contribution in [0.15, 0.2) is 0 Å². The van der Waals surface area contributed by atoms with Crippen molar-refractivity contribution in [3.63, 3.8) is 0 Å². The standard InChI is InChI=1S/C18H32N2O4/c1-3-15-11-20(12-17(15)19-6-9-22-10-7-19)18(21)14(2)24-13-16-5-4-8-23-16/h14-17H,3-13H2,1-2H3. The van der Waals surface area contributed by atoms with E-state index in [0.717, 1.165) is 65.3 Å². The molecule has 4 atom stereocenters. The number of morpholine rings is 1. The van der Waals surface area contributed by atoms with E-state index < -0.39 is 0 Å². The average molecular weight is 340 g/mol. The molecule has 138 valence electrons. The molecular formula is C18H32N2O4. The van der Waals surface area contributed by atoms with Crippen LogP contribution in [0.3, 0.4) is 0 Å². The summed E-state index contributed by atoms with van der Waals surface area (Å²) >= 11 is 0. The molecule has 3 aliphatic rings. The van der Waals surface area contributed by atoms with E-state index in [9.17, 15) is 4.79 Å². The molecule has 6 heteroatoms. The topological polar surface area (TPSA) is 51.2 Å². The van der Waals surface area contributed by atoms with Crippen LogP contribution in [0.5, 0.6) is 0 Å². The fraction of sp³-hybridized carbons (Fsp3) is 0.944. The summed E-state index contributed by atoms with van der Waals surface area (Å²) in [5.41, 5.74) is 0. The molecular weight excluding hydrogens is 308 g/mol. The van der Waals surface area contributed by atoms with Crippen LogP contribution in [0.25, 0.3) is 0 Å². The van der Waals surface area contributed by atoms with Crippen molar-refractivity contribution < 1.29 is 19.0 Å². The first-order chi connectivity index (χ1) is 11.7. The minimum Gasteiger partial charge on any atom is -0.379 e. The van der Waals surface area contributed by atoms with Gasteiger partial charge in [0.1, 0.15) is 6.10 Å². The molecule has 3 saturated heterocycles. The highest BCUT2D eigenvalue weighted by Crippen LogP contribution is 2.26. The molecule has 0 saturated carbocycles. The maximum absolute atomic E-state index is 12.8. The molecule has 3 aliphatic heterocycles. The Morgan fingerprint density at radius 2 is 2.04 bits per heavy atom. The van der Waals surface area contributed by atoms with E-state index >= 15 is 0 Å². The van der Waals surface area contributed by atoms with Crippen molar-refractivity contribution in [2.45, 2.75) is 51.4 Å². The summed E-state index contributed by atoms with van der Waals surface area (Å²) in [7, 11) is 0. The van der Waals surface area contributed by atoms with Gasteiger partial charge in [-0.2, -0.15) is 0 Å². The highest BCUT2D eigenvalue weighted by atomic mass is 16.5. The highest BCUT2D eigenvalue weighted by molar-refractivity contribution is 5.81. The summed E-state index contributed by atoms with van der Waals surface area (Å²) in [6.07, 6.45) is 3.04. The summed E-state index contributed by atoms with van der Waals surface area (Å²) in [5.74, 6) is 0.680. The molecule has 3 fully saturated rings. The van der Waals surface area contributed by atoms with Crippen molar-refractivity contribution in [3.8, 4) is 0 Å². The number of hydrogen-bond donors (Lipinski definition) is 0. The number of carbonyl (C=O) groups is 1. The fourth-order valence-corrected chi connectivity index (χ4v) is 4.11. The number of ether oxygens (including phenoxy) is 3. The van der Waals surface area contributed by atoms with E-state index in [0.29, 0.717) is 18.6 Å². The number of likely N-dealkylation sites (tertiary alicyclic amines) is 1. The average Bonchev–Trinajstić information content (AvgIpc) is 3.29. The summed E-state index contributed by atoms with van der Waals surface area (Å²) < 4.78 is 16.8. The molecule has 3 rings (SSSR count). The van der Waals surface area contributed by atoms with Crippen LogP contribution in [-0.4, -0.2) is 86.6 Å². The zero-order chi connectivity index (χ0) is 16.9. The molecule has 6 nitrogen and oxygen atoms in total. The number of amides is 1. The molecule has 0 spiro atoms. The number of hydrogen-bond acceptors (Lipinski definition) is 5. The zero-order valence-electron chi connectivity index (χ0n) is 15.1. The third-order valence-electron chi connectivity index (χ3n) is 5.66. The maximum Gasteiger partial charge on any atom is 0.251 e. The quantitative estimate of drug-likeness (QED) is 0.726. The van der Waals surface area contributed by atoms with Crippen LogP contribution in [0.2, 0.25) is 0 Å². The fourth-order valence-electron chi connectivity index (χ4n) is 4.11. The van der Waals surface area contributed by atoms with Crippen LogP contribution in [0.4, 0.5) is 0 Å². The lowest BCUT2D eigenvalue weighted by molar-refractivity contribution is -0.143. The van der Waals surface area contributed by atoms with Crippen LogP contribution in [0, 0.1) is 5.92 Å². The number of rotatable bonds is 6. The Labute approximate surface area is 145 Å². The Kier molecular flexibility index (Phi) is 6.49. The monoisotopic (exact) mass is 340 g/mol. The van der Waals surface area contributed by atoms with E-state index in [4.69, 9.17) is 14.2 Å². The minimum atomic E-state index is -0.379. The van der Waals surface area contributed by atoms with E-state index in [1.54, 1.807) is 0 Å². The maximum atomic E-state index is 12.8. The van der Waals surface area contributed by atoms with Gasteiger partial charge in [-0.1, -0.05) is 13.3 Å². The molecule has 4 unspecified atom stereocenters. The molecule has 3 heterocycles. The van der Waals surface area contributed by atoms with Crippen molar-refractivity contribution in [2.75, 3.05) is 52.6 Å². The molecule has 0 aromatic rings. The van der Waals surface area contributed by atoms with Crippen molar-refractivity contribution in [3.05, 3.63) is 0 Å². The van der Waals surface area contributed by atoms with Crippen molar-refractivity contribution in [1.82, 2.24) is 9.80 Å². The molecule has 0 aromatic carbocycles. The third kappa shape index (κ3) is 4.28. The lowest BCUT2D eigenvalue weighted by Gasteiger charge is -2.34. The van der Waals surface area contributed by atoms with Gasteiger partial charge in [-0.15, -0.1) is 0 Å². The van der Waals surface area contributed by atoms with Gasteiger partial charge in [0.25, 0.3) is 5.91 Å². The predicted octanol–water partition coefficient (Wildman–Crippen LogP) is 1.14. The normalized spacial score (nSPS) is 33.1. The number of nitrogens with zero attached hydrogens (tertiary/aromatic N) is 2. The van der Waals surface area contributed by atoms with Crippen LogP contribution in [0.1, 0.15) is 33.1 Å². The second-order valence-electron chi connectivity index (χ2n) is 7.24. The smallest absolute Gasteiger partial charge is 0.251 e. The summed E-state index contributed by atoms with van der Waals surface area (Å²) in [6, 6.07) is 0.466. The second kappa shape index (κ2) is 8.61. The van der Waals surface area contributed by atoms with E-state index in [1.807, 2.05) is 11.8 Å². The van der Waals surface area contributed by atoms with Gasteiger partial charge in [0, 0.05) is 38.8 Å². The van der Waals surface area contributed by atoms with Crippen LogP contribution < -0.4 is 0 Å². The molecule has 0 aliphatic carbocycles. The van der Waals surface area contributed by atoms with E-state index in [1.165, 1.54) is 0 Å². The lowest BCUT2D eigenvalue weighted by Crippen LogP contribution is -2.47. The molecule has 0 bridgehead atoms. The van der Waals surface area contributed by atoms with E-state index in [-0.39, 0.29) is 18.1 Å². The largest absolute Gasteiger partial charge is 0.379 e. The Bertz CT molecular complexity index is 408. The van der Waals surface area contributed by atoms with Crippen LogP contribution in [-0.2, 0) is 19.0 Å². The van der Waals surface area contributed by atoms with Gasteiger partial charge in [0.05, 0.1) is 25.9 Å².